The van der Waals surface area contributed by atoms with E-state index in [0.29, 0.717) is 33.5 Å². The lowest BCUT2D eigenvalue weighted by Gasteiger charge is -2.08. The molecule has 0 spiro atoms. The average Bonchev–Trinajstić information content (AvgIpc) is 2.78. The molecule has 6 nitrogen and oxygen atoms in total. The summed E-state index contributed by atoms with van der Waals surface area (Å²) in [4.78, 5) is 36.8. The van der Waals surface area contributed by atoms with Gasteiger partial charge in [-0.2, -0.15) is 0 Å². The van der Waals surface area contributed by atoms with E-state index in [2.05, 4.69) is 5.32 Å². The van der Waals surface area contributed by atoms with Crippen molar-refractivity contribution in [1.29, 1.82) is 0 Å². The summed E-state index contributed by atoms with van der Waals surface area (Å²) in [6.07, 6.45) is 0. The van der Waals surface area contributed by atoms with Crippen LogP contribution in [0, 0.1) is 0 Å². The number of carbonyl (C=O) groups excluding carboxylic acids is 2. The van der Waals surface area contributed by atoms with E-state index in [4.69, 9.17) is 9.15 Å². The summed E-state index contributed by atoms with van der Waals surface area (Å²) in [6.45, 7) is 0. The van der Waals surface area contributed by atoms with E-state index in [1.165, 1.54) is 13.2 Å². The van der Waals surface area contributed by atoms with Crippen LogP contribution in [-0.2, 0) is 4.74 Å². The monoisotopic (exact) mass is 399 g/mol. The van der Waals surface area contributed by atoms with Gasteiger partial charge in [0.2, 0.25) is 0 Å². The molecule has 4 rings (SSSR count). The first-order valence-corrected chi connectivity index (χ1v) is 9.18. The zero-order valence-electron chi connectivity index (χ0n) is 16.0. The SMILES string of the molecule is COC(=O)c1cccc(NC(=O)c2cccc(-c3cc4ccccc4oc3=O)c2)c1. The van der Waals surface area contributed by atoms with Crippen molar-refractivity contribution in [2.75, 3.05) is 12.4 Å². The van der Waals surface area contributed by atoms with E-state index < -0.39 is 11.6 Å². The number of anilines is 1. The predicted molar refractivity (Wildman–Crippen MR) is 114 cm³/mol. The maximum atomic E-state index is 12.7. The summed E-state index contributed by atoms with van der Waals surface area (Å²) >= 11 is 0. The normalized spacial score (nSPS) is 10.6. The van der Waals surface area contributed by atoms with Crippen molar-refractivity contribution < 1.29 is 18.7 Å². The fraction of sp³-hybridized carbons (Fsp3) is 0.0417. The van der Waals surface area contributed by atoms with Gasteiger partial charge < -0.3 is 14.5 Å². The second-order valence-electron chi connectivity index (χ2n) is 6.59. The van der Waals surface area contributed by atoms with Gasteiger partial charge in [0.05, 0.1) is 18.2 Å². The molecule has 0 fully saturated rings. The molecule has 0 saturated carbocycles. The van der Waals surface area contributed by atoms with Crippen LogP contribution in [0.1, 0.15) is 20.7 Å². The van der Waals surface area contributed by atoms with Crippen molar-refractivity contribution in [3.63, 3.8) is 0 Å². The largest absolute Gasteiger partial charge is 0.465 e. The molecule has 1 amide bonds. The molecule has 148 valence electrons. The second kappa shape index (κ2) is 8.05. The number of ether oxygens (including phenoxy) is 1. The zero-order valence-corrected chi connectivity index (χ0v) is 16.0. The molecule has 0 atom stereocenters. The molecular formula is C24H17NO5. The molecular weight excluding hydrogens is 382 g/mol. The summed E-state index contributed by atoms with van der Waals surface area (Å²) in [5.74, 6) is -0.861. The summed E-state index contributed by atoms with van der Waals surface area (Å²) in [6, 6.07) is 22.2. The van der Waals surface area contributed by atoms with E-state index in [1.54, 1.807) is 60.7 Å². The molecule has 0 saturated heterocycles. The topological polar surface area (TPSA) is 85.6 Å². The van der Waals surface area contributed by atoms with E-state index in [0.717, 1.165) is 5.39 Å². The lowest BCUT2D eigenvalue weighted by molar-refractivity contribution is 0.0600. The van der Waals surface area contributed by atoms with Gasteiger partial charge in [0.25, 0.3) is 5.91 Å². The summed E-state index contributed by atoms with van der Waals surface area (Å²) in [5, 5.41) is 3.55. The molecule has 1 N–H and O–H groups in total. The van der Waals surface area contributed by atoms with Gasteiger partial charge in [-0.05, 0) is 48.0 Å². The number of methoxy groups -OCH3 is 1. The van der Waals surface area contributed by atoms with E-state index >= 15 is 0 Å². The lowest BCUT2D eigenvalue weighted by atomic mass is 10.0. The summed E-state index contributed by atoms with van der Waals surface area (Å²) in [5.41, 5.74) is 2.13. The fourth-order valence-corrected chi connectivity index (χ4v) is 3.14. The van der Waals surface area contributed by atoms with Crippen LogP contribution in [-0.4, -0.2) is 19.0 Å². The van der Waals surface area contributed by atoms with Gasteiger partial charge in [-0.15, -0.1) is 0 Å². The van der Waals surface area contributed by atoms with Gasteiger partial charge >= 0.3 is 11.6 Å². The number of hydrogen-bond acceptors (Lipinski definition) is 5. The third kappa shape index (κ3) is 3.84. The highest BCUT2D eigenvalue weighted by Crippen LogP contribution is 2.22. The molecule has 0 radical (unpaired) electrons. The standard InChI is InChI=1S/C24H17NO5/c1-29-23(27)18-9-5-10-19(13-18)25-22(26)17-8-4-7-15(12-17)20-14-16-6-2-3-11-21(16)30-24(20)28/h2-14H,1H3,(H,25,26). The molecule has 1 heterocycles. The highest BCUT2D eigenvalue weighted by atomic mass is 16.5. The molecule has 30 heavy (non-hydrogen) atoms. The average molecular weight is 399 g/mol. The molecule has 0 unspecified atom stereocenters. The Kier molecular flexibility index (Phi) is 5.13. The lowest BCUT2D eigenvalue weighted by Crippen LogP contribution is -2.13. The molecule has 3 aromatic carbocycles. The van der Waals surface area contributed by atoms with Crippen LogP contribution >= 0.6 is 0 Å². The number of fused-ring (bicyclic) bond motifs is 1. The Morgan fingerprint density at radius 1 is 0.867 bits per heavy atom. The van der Waals surface area contributed by atoms with Crippen molar-refractivity contribution in [2.45, 2.75) is 0 Å². The number of esters is 1. The predicted octanol–water partition coefficient (Wildman–Crippen LogP) is 4.50. The van der Waals surface area contributed by atoms with Gasteiger partial charge in [0.1, 0.15) is 5.58 Å². The minimum absolute atomic E-state index is 0.331. The molecule has 6 heteroatoms. The number of rotatable bonds is 4. The fourth-order valence-electron chi connectivity index (χ4n) is 3.14. The quantitative estimate of drug-likeness (QED) is 0.403. The molecule has 1 aromatic heterocycles. The maximum absolute atomic E-state index is 12.7. The van der Waals surface area contributed by atoms with Gasteiger partial charge in [-0.3, -0.25) is 4.79 Å². The number of para-hydroxylation sites is 1. The summed E-state index contributed by atoms with van der Waals surface area (Å²) in [7, 11) is 1.29. The molecule has 0 bridgehead atoms. The second-order valence-corrected chi connectivity index (χ2v) is 6.59. The highest BCUT2D eigenvalue weighted by Gasteiger charge is 2.13. The zero-order chi connectivity index (χ0) is 21.1. The van der Waals surface area contributed by atoms with Crippen molar-refractivity contribution in [3.05, 3.63) is 100 Å². The summed E-state index contributed by atoms with van der Waals surface area (Å²) < 4.78 is 10.1. The molecule has 0 aliphatic carbocycles. The van der Waals surface area contributed by atoms with Gasteiger partial charge in [0.15, 0.2) is 0 Å². The highest BCUT2D eigenvalue weighted by molar-refractivity contribution is 6.05. The Morgan fingerprint density at radius 3 is 2.47 bits per heavy atom. The minimum atomic E-state index is -0.490. The first-order chi connectivity index (χ1) is 14.5. The first-order valence-electron chi connectivity index (χ1n) is 9.18. The van der Waals surface area contributed by atoms with Crippen LogP contribution in [0.3, 0.4) is 0 Å². The van der Waals surface area contributed by atoms with Crippen LogP contribution in [0.5, 0.6) is 0 Å². The van der Waals surface area contributed by atoms with E-state index in [-0.39, 0.29) is 5.91 Å². The Bertz CT molecular complexity index is 1320. The Labute approximate surface area is 171 Å². The Hall–Kier alpha value is -4.19. The van der Waals surface area contributed by atoms with Gasteiger partial charge in [-0.25, -0.2) is 9.59 Å². The maximum Gasteiger partial charge on any atom is 0.344 e. The van der Waals surface area contributed by atoms with E-state index in [9.17, 15) is 14.4 Å². The smallest absolute Gasteiger partial charge is 0.344 e. The number of benzene rings is 3. The molecule has 0 aliphatic rings. The minimum Gasteiger partial charge on any atom is -0.465 e. The third-order valence-corrected chi connectivity index (χ3v) is 4.62. The van der Waals surface area contributed by atoms with Crippen molar-refractivity contribution in [1.82, 2.24) is 0 Å². The number of carbonyl (C=O) groups is 2. The number of amides is 1. The van der Waals surface area contributed by atoms with Crippen LogP contribution in [0.15, 0.2) is 88.1 Å². The van der Waals surface area contributed by atoms with Crippen LogP contribution < -0.4 is 10.9 Å². The van der Waals surface area contributed by atoms with Gasteiger partial charge in [0, 0.05) is 16.6 Å². The van der Waals surface area contributed by atoms with Crippen molar-refractivity contribution in [3.8, 4) is 11.1 Å². The Morgan fingerprint density at radius 2 is 1.63 bits per heavy atom. The van der Waals surface area contributed by atoms with Crippen molar-refractivity contribution in [2.24, 2.45) is 0 Å². The molecule has 0 aliphatic heterocycles. The Balaban J connectivity index is 1.64. The van der Waals surface area contributed by atoms with E-state index in [1.807, 2.05) is 12.1 Å². The van der Waals surface area contributed by atoms with Crippen LogP contribution in [0.4, 0.5) is 5.69 Å². The molecule has 4 aromatic rings. The number of hydrogen-bond donors (Lipinski definition) is 1. The number of nitrogens with one attached hydrogen (secondary N) is 1. The van der Waals surface area contributed by atoms with Crippen molar-refractivity contribution >= 4 is 28.5 Å². The third-order valence-electron chi connectivity index (χ3n) is 4.62. The van der Waals surface area contributed by atoms with Crippen LogP contribution in [0.2, 0.25) is 0 Å². The van der Waals surface area contributed by atoms with Crippen LogP contribution in [0.25, 0.3) is 22.1 Å². The van der Waals surface area contributed by atoms with Gasteiger partial charge in [-0.1, -0.05) is 36.4 Å². The first kappa shape index (κ1) is 19.1.